The van der Waals surface area contributed by atoms with Crippen LogP contribution in [0, 0.1) is 5.82 Å². The number of amides is 1. The molecular formula is C23H23FN4O2S. The quantitative estimate of drug-likeness (QED) is 0.495. The van der Waals surface area contributed by atoms with Gasteiger partial charge in [-0.1, -0.05) is 0 Å². The molecule has 2 aromatic heterocycles. The number of benzene rings is 2. The van der Waals surface area contributed by atoms with Crippen LogP contribution in [0.5, 0.6) is 0 Å². The molecule has 0 radical (unpaired) electrons. The highest BCUT2D eigenvalue weighted by atomic mass is 32.1. The molecule has 0 spiro atoms. The van der Waals surface area contributed by atoms with Crippen molar-refractivity contribution >= 4 is 49.0 Å². The van der Waals surface area contributed by atoms with Crippen LogP contribution in [-0.4, -0.2) is 59.4 Å². The standard InChI is InChI=1S/C23H23FN4O2S/c1-27(2)12-18(29)28-9-3-4-13(11-28)23-26-20-15-6-5-14(24)10-17(15)19-16(21(20)31-23)7-8-25-22(19)30/h5-8,10,13H,3-4,9,11-12H2,1-2H3,(H,25,30). The fourth-order valence-corrected chi connectivity index (χ4v) is 5.75. The third-order valence-corrected chi connectivity index (χ3v) is 7.18. The summed E-state index contributed by atoms with van der Waals surface area (Å²) in [6.07, 6.45) is 3.53. The van der Waals surface area contributed by atoms with Crippen molar-refractivity contribution in [2.75, 3.05) is 33.7 Å². The number of pyridine rings is 1. The molecule has 160 valence electrons. The molecule has 1 amide bonds. The van der Waals surface area contributed by atoms with Crippen molar-refractivity contribution in [1.82, 2.24) is 19.8 Å². The van der Waals surface area contributed by atoms with Crippen LogP contribution in [0.3, 0.4) is 0 Å². The van der Waals surface area contributed by atoms with Crippen molar-refractivity contribution in [2.24, 2.45) is 0 Å². The van der Waals surface area contributed by atoms with Crippen LogP contribution in [-0.2, 0) is 4.79 Å². The van der Waals surface area contributed by atoms with Gasteiger partial charge in [0.2, 0.25) is 5.91 Å². The van der Waals surface area contributed by atoms with Gasteiger partial charge in [-0.25, -0.2) is 9.37 Å². The molecular weight excluding hydrogens is 415 g/mol. The molecule has 6 nitrogen and oxygen atoms in total. The van der Waals surface area contributed by atoms with E-state index in [1.165, 1.54) is 12.1 Å². The Balaban J connectivity index is 1.64. The Kier molecular flexibility index (Phi) is 4.98. The number of fused-ring (bicyclic) bond motifs is 6. The molecule has 5 rings (SSSR count). The van der Waals surface area contributed by atoms with Crippen LogP contribution in [0.25, 0.3) is 31.8 Å². The molecule has 0 aliphatic carbocycles. The zero-order valence-corrected chi connectivity index (χ0v) is 18.3. The number of piperidine rings is 1. The molecule has 3 heterocycles. The number of likely N-dealkylation sites (N-methyl/N-ethyl adjacent to an activating group) is 1. The molecule has 8 heteroatoms. The van der Waals surface area contributed by atoms with Crippen molar-refractivity contribution < 1.29 is 9.18 Å². The fourth-order valence-electron chi connectivity index (χ4n) is 4.52. The molecule has 1 saturated heterocycles. The zero-order chi connectivity index (χ0) is 21.7. The predicted octanol–water partition coefficient (Wildman–Crippen LogP) is 3.70. The lowest BCUT2D eigenvalue weighted by Crippen LogP contribution is -2.43. The number of hydrogen-bond donors (Lipinski definition) is 1. The summed E-state index contributed by atoms with van der Waals surface area (Å²) in [7, 11) is 3.79. The van der Waals surface area contributed by atoms with Gasteiger partial charge in [0, 0.05) is 41.4 Å². The van der Waals surface area contributed by atoms with Crippen LogP contribution in [0.15, 0.2) is 35.3 Å². The summed E-state index contributed by atoms with van der Waals surface area (Å²) in [6.45, 7) is 1.82. The summed E-state index contributed by atoms with van der Waals surface area (Å²) in [6, 6.07) is 6.38. The second kappa shape index (κ2) is 7.69. The maximum Gasteiger partial charge on any atom is 0.256 e. The average molecular weight is 439 g/mol. The van der Waals surface area contributed by atoms with Crippen LogP contribution >= 0.6 is 11.3 Å². The molecule has 1 unspecified atom stereocenters. The second-order valence-electron chi connectivity index (χ2n) is 8.43. The summed E-state index contributed by atoms with van der Waals surface area (Å²) in [5.41, 5.74) is 0.563. The molecule has 1 aliphatic rings. The zero-order valence-electron chi connectivity index (χ0n) is 17.4. The largest absolute Gasteiger partial charge is 0.341 e. The minimum atomic E-state index is -0.380. The molecule has 4 aromatic rings. The number of carbonyl (C=O) groups is 1. The van der Waals surface area contributed by atoms with Crippen molar-refractivity contribution in [3.05, 3.63) is 51.6 Å². The van der Waals surface area contributed by atoms with E-state index in [0.717, 1.165) is 45.4 Å². The number of likely N-dealkylation sites (tertiary alicyclic amines) is 1. The molecule has 1 N–H and O–H groups in total. The van der Waals surface area contributed by atoms with Crippen LogP contribution in [0.1, 0.15) is 23.8 Å². The van der Waals surface area contributed by atoms with E-state index in [2.05, 4.69) is 4.98 Å². The Labute approximate surface area is 182 Å². The highest BCUT2D eigenvalue weighted by molar-refractivity contribution is 7.19. The van der Waals surface area contributed by atoms with Gasteiger partial charge in [0.05, 0.1) is 27.2 Å². The number of aromatic amines is 1. The lowest BCUT2D eigenvalue weighted by atomic mass is 9.98. The Hall–Kier alpha value is -2.84. The summed E-state index contributed by atoms with van der Waals surface area (Å²) >= 11 is 1.58. The molecule has 0 bridgehead atoms. The van der Waals surface area contributed by atoms with E-state index in [1.807, 2.05) is 30.0 Å². The van der Waals surface area contributed by atoms with E-state index < -0.39 is 0 Å². The number of halogens is 1. The van der Waals surface area contributed by atoms with Gasteiger partial charge >= 0.3 is 0 Å². The molecule has 2 aromatic carbocycles. The van der Waals surface area contributed by atoms with Gasteiger partial charge in [0.15, 0.2) is 0 Å². The Morgan fingerprint density at radius 3 is 2.94 bits per heavy atom. The van der Waals surface area contributed by atoms with Crippen molar-refractivity contribution in [3.63, 3.8) is 0 Å². The van der Waals surface area contributed by atoms with Gasteiger partial charge < -0.3 is 14.8 Å². The maximum atomic E-state index is 14.0. The number of H-pyrrole nitrogens is 1. The fraction of sp³-hybridized carbons (Fsp3) is 0.348. The van der Waals surface area contributed by atoms with E-state index >= 15 is 0 Å². The van der Waals surface area contributed by atoms with Gasteiger partial charge in [0.1, 0.15) is 5.82 Å². The van der Waals surface area contributed by atoms with Gasteiger partial charge in [-0.15, -0.1) is 11.3 Å². The first kappa shape index (κ1) is 20.1. The SMILES string of the molecule is CN(C)CC(=O)N1CCCC(c2nc3c4ccc(F)cc4c4c(=O)[nH]ccc4c3s2)C1. The molecule has 0 saturated carbocycles. The predicted molar refractivity (Wildman–Crippen MR) is 122 cm³/mol. The Morgan fingerprint density at radius 2 is 2.13 bits per heavy atom. The Morgan fingerprint density at radius 1 is 1.29 bits per heavy atom. The molecule has 1 aliphatic heterocycles. The van der Waals surface area contributed by atoms with Crippen molar-refractivity contribution in [1.29, 1.82) is 0 Å². The molecule has 31 heavy (non-hydrogen) atoms. The average Bonchev–Trinajstić information content (AvgIpc) is 3.19. The summed E-state index contributed by atoms with van der Waals surface area (Å²) in [4.78, 5) is 36.7. The third kappa shape index (κ3) is 3.49. The lowest BCUT2D eigenvalue weighted by molar-refractivity contribution is -0.133. The van der Waals surface area contributed by atoms with E-state index in [0.29, 0.717) is 23.9 Å². The number of nitrogens with zero attached hydrogens (tertiary/aromatic N) is 3. The number of thiazole rings is 1. The van der Waals surface area contributed by atoms with Gasteiger partial charge in [-0.2, -0.15) is 0 Å². The van der Waals surface area contributed by atoms with Crippen LogP contribution in [0.4, 0.5) is 4.39 Å². The number of rotatable bonds is 3. The minimum Gasteiger partial charge on any atom is -0.341 e. The molecule has 1 atom stereocenters. The first-order chi connectivity index (χ1) is 14.9. The third-order valence-electron chi connectivity index (χ3n) is 5.93. The maximum absolute atomic E-state index is 14.0. The second-order valence-corrected chi connectivity index (χ2v) is 9.46. The van der Waals surface area contributed by atoms with E-state index in [-0.39, 0.29) is 23.2 Å². The highest BCUT2D eigenvalue weighted by Gasteiger charge is 2.28. The van der Waals surface area contributed by atoms with Gasteiger partial charge in [-0.05, 0) is 51.2 Å². The smallest absolute Gasteiger partial charge is 0.256 e. The van der Waals surface area contributed by atoms with Crippen molar-refractivity contribution in [3.8, 4) is 0 Å². The number of aromatic nitrogens is 2. The van der Waals surface area contributed by atoms with E-state index in [1.54, 1.807) is 23.6 Å². The normalized spacial score (nSPS) is 17.3. The summed E-state index contributed by atoms with van der Waals surface area (Å²) in [5.74, 6) is -0.0901. The lowest BCUT2D eigenvalue weighted by Gasteiger charge is -2.32. The van der Waals surface area contributed by atoms with E-state index in [4.69, 9.17) is 4.98 Å². The van der Waals surface area contributed by atoms with Gasteiger partial charge in [0.25, 0.3) is 5.56 Å². The van der Waals surface area contributed by atoms with Gasteiger partial charge in [-0.3, -0.25) is 9.59 Å². The monoisotopic (exact) mass is 438 g/mol. The topological polar surface area (TPSA) is 69.3 Å². The summed E-state index contributed by atoms with van der Waals surface area (Å²) < 4.78 is 15.0. The first-order valence-electron chi connectivity index (χ1n) is 10.4. The number of hydrogen-bond acceptors (Lipinski definition) is 5. The van der Waals surface area contributed by atoms with Crippen molar-refractivity contribution in [2.45, 2.75) is 18.8 Å². The number of carbonyl (C=O) groups excluding carboxylic acids is 1. The minimum absolute atomic E-state index is 0.133. The first-order valence-corrected chi connectivity index (χ1v) is 11.2. The van der Waals surface area contributed by atoms with Crippen LogP contribution < -0.4 is 5.56 Å². The van der Waals surface area contributed by atoms with Crippen LogP contribution in [0.2, 0.25) is 0 Å². The summed E-state index contributed by atoms with van der Waals surface area (Å²) in [5, 5.41) is 3.60. The Bertz CT molecular complexity index is 1380. The highest BCUT2D eigenvalue weighted by Crippen LogP contribution is 2.40. The van der Waals surface area contributed by atoms with E-state index in [9.17, 15) is 14.0 Å². The molecule has 1 fully saturated rings. The number of nitrogens with one attached hydrogen (secondary N) is 1.